The molecule has 0 amide bonds. The molecule has 0 aliphatic heterocycles. The third-order valence-corrected chi connectivity index (χ3v) is 2.57. The predicted molar refractivity (Wildman–Crippen MR) is 87.4 cm³/mol. The van der Waals surface area contributed by atoms with E-state index in [-0.39, 0.29) is 6.08 Å². The molecule has 0 atom stereocenters. The molecule has 2 aromatic heterocycles. The summed E-state index contributed by atoms with van der Waals surface area (Å²) in [6.45, 7) is 13.6. The van der Waals surface area contributed by atoms with E-state index in [0.29, 0.717) is 5.95 Å². The second-order valence-electron chi connectivity index (χ2n) is 7.16. The van der Waals surface area contributed by atoms with Crippen LogP contribution >= 0.6 is 0 Å². The first-order valence-corrected chi connectivity index (χ1v) is 7.32. The summed E-state index contributed by atoms with van der Waals surface area (Å²) in [6, 6.07) is 1.94. The van der Waals surface area contributed by atoms with Gasteiger partial charge in [-0.15, -0.1) is 4.99 Å². The van der Waals surface area contributed by atoms with E-state index in [0.717, 1.165) is 16.7 Å². The van der Waals surface area contributed by atoms with Crippen molar-refractivity contribution < 1.29 is 9.47 Å². The minimum atomic E-state index is -0.421. The van der Waals surface area contributed by atoms with Gasteiger partial charge in [0.05, 0.1) is 5.69 Å². The van der Waals surface area contributed by atoms with Crippen molar-refractivity contribution in [3.63, 3.8) is 0 Å². The number of ether oxygens (including phenoxy) is 2. The van der Waals surface area contributed by atoms with Gasteiger partial charge in [-0.2, -0.15) is 4.98 Å². The van der Waals surface area contributed by atoms with E-state index in [1.807, 2.05) is 60.7 Å². The normalized spacial score (nSPS) is 12.3. The van der Waals surface area contributed by atoms with Gasteiger partial charge in [-0.1, -0.05) is 0 Å². The average molecular weight is 304 g/mol. The van der Waals surface area contributed by atoms with Gasteiger partial charge in [0.2, 0.25) is 0 Å². The first-order chi connectivity index (χ1) is 10.0. The van der Waals surface area contributed by atoms with Gasteiger partial charge in [-0.25, -0.2) is 4.98 Å². The summed E-state index contributed by atoms with van der Waals surface area (Å²) in [5, 5.41) is 0.981. The summed E-state index contributed by atoms with van der Waals surface area (Å²) in [7, 11) is 0. The fourth-order valence-corrected chi connectivity index (χ4v) is 1.80. The fraction of sp³-hybridized carbons (Fsp3) is 0.562. The van der Waals surface area contributed by atoms with Crippen molar-refractivity contribution in [1.29, 1.82) is 0 Å². The Hall–Kier alpha value is -2.11. The number of aromatic amines is 1. The number of nitrogens with one attached hydrogen (secondary N) is 1. The van der Waals surface area contributed by atoms with Gasteiger partial charge in [-0.05, 0) is 54.5 Å². The SMILES string of the molecule is Cc1nc(N=C(OC(C)(C)C)OC(C)(C)C)nc2[nH]ccc12. The molecule has 0 saturated carbocycles. The number of aromatic nitrogens is 3. The molecule has 6 nitrogen and oxygen atoms in total. The monoisotopic (exact) mass is 304 g/mol. The first-order valence-electron chi connectivity index (χ1n) is 7.32. The number of hydrogen-bond donors (Lipinski definition) is 1. The highest BCUT2D eigenvalue weighted by molar-refractivity contribution is 5.79. The Balaban J connectivity index is 2.41. The van der Waals surface area contributed by atoms with Crippen LogP contribution < -0.4 is 0 Å². The minimum absolute atomic E-state index is 0.172. The van der Waals surface area contributed by atoms with E-state index in [9.17, 15) is 0 Å². The molecule has 0 aromatic carbocycles. The van der Waals surface area contributed by atoms with Crippen LogP contribution in [0.3, 0.4) is 0 Å². The van der Waals surface area contributed by atoms with Crippen molar-refractivity contribution in [3.05, 3.63) is 18.0 Å². The lowest BCUT2D eigenvalue weighted by Crippen LogP contribution is -2.31. The van der Waals surface area contributed by atoms with E-state index in [1.54, 1.807) is 0 Å². The molecule has 0 bridgehead atoms. The van der Waals surface area contributed by atoms with Crippen LogP contribution in [-0.2, 0) is 9.47 Å². The van der Waals surface area contributed by atoms with Gasteiger partial charge in [0, 0.05) is 11.6 Å². The lowest BCUT2D eigenvalue weighted by Gasteiger charge is -2.27. The minimum Gasteiger partial charge on any atom is -0.445 e. The molecule has 1 N–H and O–H groups in total. The predicted octanol–water partition coefficient (Wildman–Crippen LogP) is 3.88. The Morgan fingerprint density at radius 2 is 1.64 bits per heavy atom. The van der Waals surface area contributed by atoms with Crippen molar-refractivity contribution >= 4 is 23.1 Å². The molecule has 0 fully saturated rings. The van der Waals surface area contributed by atoms with Crippen molar-refractivity contribution in [2.75, 3.05) is 0 Å². The highest BCUT2D eigenvalue weighted by atomic mass is 16.7. The maximum atomic E-state index is 5.79. The number of aryl methyl sites for hydroxylation is 1. The molecule has 120 valence electrons. The average Bonchev–Trinajstić information content (AvgIpc) is 2.72. The third kappa shape index (κ3) is 4.44. The Kier molecular flexibility index (Phi) is 4.13. The van der Waals surface area contributed by atoms with Gasteiger partial charge < -0.3 is 14.5 Å². The molecule has 0 unspecified atom stereocenters. The molecule has 0 spiro atoms. The summed E-state index contributed by atoms with van der Waals surface area (Å²) in [5.74, 6) is 0.316. The molecule has 2 rings (SSSR count). The summed E-state index contributed by atoms with van der Waals surface area (Å²) in [4.78, 5) is 16.2. The van der Waals surface area contributed by atoms with E-state index in [4.69, 9.17) is 9.47 Å². The molecule has 0 aliphatic rings. The Bertz CT molecular complexity index is 672. The van der Waals surface area contributed by atoms with Crippen LogP contribution in [-0.4, -0.2) is 32.2 Å². The maximum Gasteiger partial charge on any atom is 0.392 e. The van der Waals surface area contributed by atoms with Crippen molar-refractivity contribution in [3.8, 4) is 0 Å². The van der Waals surface area contributed by atoms with Crippen LogP contribution in [0, 0.1) is 6.92 Å². The lowest BCUT2D eigenvalue weighted by molar-refractivity contribution is 0.00971. The van der Waals surface area contributed by atoms with Crippen LogP contribution in [0.5, 0.6) is 0 Å². The van der Waals surface area contributed by atoms with Gasteiger partial charge in [0.25, 0.3) is 5.95 Å². The molecule has 22 heavy (non-hydrogen) atoms. The van der Waals surface area contributed by atoms with E-state index < -0.39 is 11.2 Å². The van der Waals surface area contributed by atoms with Crippen molar-refractivity contribution in [2.24, 2.45) is 4.99 Å². The molecule has 2 aromatic rings. The first kappa shape index (κ1) is 16.3. The van der Waals surface area contributed by atoms with Gasteiger partial charge >= 0.3 is 6.08 Å². The highest BCUT2D eigenvalue weighted by Gasteiger charge is 2.22. The van der Waals surface area contributed by atoms with Crippen LogP contribution in [0.1, 0.15) is 47.2 Å². The van der Waals surface area contributed by atoms with E-state index in [1.165, 1.54) is 0 Å². The number of rotatable bonds is 1. The number of fused-ring (bicyclic) bond motifs is 1. The maximum absolute atomic E-state index is 5.79. The third-order valence-electron chi connectivity index (χ3n) is 2.57. The molecule has 6 heteroatoms. The molecular weight excluding hydrogens is 280 g/mol. The molecule has 0 radical (unpaired) electrons. The second kappa shape index (κ2) is 5.59. The number of aliphatic imine (C=N–C) groups is 1. The number of hydrogen-bond acceptors (Lipinski definition) is 5. The summed E-state index contributed by atoms with van der Waals surface area (Å²) in [5.41, 5.74) is 0.763. The quantitative estimate of drug-likeness (QED) is 0.641. The van der Waals surface area contributed by atoms with Gasteiger partial charge in [0.1, 0.15) is 16.8 Å². The Morgan fingerprint density at radius 3 is 2.18 bits per heavy atom. The zero-order chi connectivity index (χ0) is 16.5. The zero-order valence-corrected chi connectivity index (χ0v) is 14.3. The number of nitrogens with zero attached hydrogens (tertiary/aromatic N) is 3. The zero-order valence-electron chi connectivity index (χ0n) is 14.3. The fourth-order valence-electron chi connectivity index (χ4n) is 1.80. The summed E-state index contributed by atoms with van der Waals surface area (Å²) in [6.07, 6.45) is 2.00. The van der Waals surface area contributed by atoms with Gasteiger partial charge in [0.15, 0.2) is 0 Å². The van der Waals surface area contributed by atoms with Crippen molar-refractivity contribution in [2.45, 2.75) is 59.7 Å². The van der Waals surface area contributed by atoms with Crippen LogP contribution in [0.4, 0.5) is 5.95 Å². The molecule has 0 aliphatic carbocycles. The Morgan fingerprint density at radius 1 is 1.05 bits per heavy atom. The smallest absolute Gasteiger partial charge is 0.392 e. The number of H-pyrrole nitrogens is 1. The molecule has 0 saturated heterocycles. The Labute approximate surface area is 131 Å². The lowest BCUT2D eigenvalue weighted by atomic mass is 10.2. The van der Waals surface area contributed by atoms with Crippen LogP contribution in [0.25, 0.3) is 11.0 Å². The summed E-state index contributed by atoms with van der Waals surface area (Å²) < 4.78 is 11.6. The standard InChI is InChI=1S/C16H24N4O2/c1-10-11-8-9-17-12(11)19-13(18-10)20-14(21-15(2,3)4)22-16(5,6)7/h8-9H,1-7H3,(H,17,18,19). The van der Waals surface area contributed by atoms with Gasteiger partial charge in [-0.3, -0.25) is 0 Å². The van der Waals surface area contributed by atoms with E-state index >= 15 is 0 Å². The van der Waals surface area contributed by atoms with Crippen LogP contribution in [0.2, 0.25) is 0 Å². The molecular formula is C16H24N4O2. The summed E-state index contributed by atoms with van der Waals surface area (Å²) >= 11 is 0. The topological polar surface area (TPSA) is 72.4 Å². The molecule has 2 heterocycles. The largest absolute Gasteiger partial charge is 0.445 e. The highest BCUT2D eigenvalue weighted by Crippen LogP contribution is 2.20. The van der Waals surface area contributed by atoms with E-state index in [2.05, 4.69) is 19.9 Å². The van der Waals surface area contributed by atoms with Crippen molar-refractivity contribution in [1.82, 2.24) is 15.0 Å². The van der Waals surface area contributed by atoms with Crippen LogP contribution in [0.15, 0.2) is 17.3 Å². The second-order valence-corrected chi connectivity index (χ2v) is 7.16.